The van der Waals surface area contributed by atoms with Crippen molar-refractivity contribution >= 4 is 17.0 Å². The molecule has 1 spiro atoms. The fourth-order valence-corrected chi connectivity index (χ4v) is 4.67. The Kier molecular flexibility index (Phi) is 5.68. The van der Waals surface area contributed by atoms with Crippen LogP contribution in [0.25, 0.3) is 5.65 Å². The maximum Gasteiger partial charge on any atom is 0.258 e. The van der Waals surface area contributed by atoms with E-state index in [4.69, 9.17) is 10.1 Å². The zero-order valence-corrected chi connectivity index (χ0v) is 20.6. The molecule has 2 aromatic heterocycles. The predicted molar refractivity (Wildman–Crippen MR) is 138 cm³/mol. The fourth-order valence-electron chi connectivity index (χ4n) is 4.67. The number of piperazine rings is 1. The summed E-state index contributed by atoms with van der Waals surface area (Å²) in [6, 6.07) is 3.73. The molecule has 4 heterocycles. The van der Waals surface area contributed by atoms with Crippen LogP contribution in [0.3, 0.4) is 0 Å². The van der Waals surface area contributed by atoms with E-state index in [1.54, 1.807) is 15.5 Å². The molecule has 7 nitrogen and oxygen atoms in total. The van der Waals surface area contributed by atoms with Gasteiger partial charge in [0.05, 0.1) is 17.1 Å². The molecule has 1 atom stereocenters. The normalized spacial score (nSPS) is 20.8. The smallest absolute Gasteiger partial charge is 0.258 e. The lowest BCUT2D eigenvalue weighted by atomic mass is 10.0. The van der Waals surface area contributed by atoms with Gasteiger partial charge in [0.1, 0.15) is 11.4 Å². The summed E-state index contributed by atoms with van der Waals surface area (Å²) in [5.41, 5.74) is 6.15. The molecule has 3 aliphatic rings. The minimum absolute atomic E-state index is 0.0976. The van der Waals surface area contributed by atoms with Crippen molar-refractivity contribution in [2.24, 2.45) is 11.0 Å². The SMILES string of the molecule is C=C1C=CC(c2cc(=O)n3cc(N4CCNC5(CC5)C4)cc(C)c3n2)=NN1/C=C(/C)C(C)CC. The molecule has 0 bridgehead atoms. The van der Waals surface area contributed by atoms with E-state index in [0.29, 0.717) is 23.0 Å². The number of allylic oxidation sites excluding steroid dienone is 3. The molecule has 1 unspecified atom stereocenters. The van der Waals surface area contributed by atoms with Crippen LogP contribution in [0.4, 0.5) is 5.69 Å². The van der Waals surface area contributed by atoms with Crippen LogP contribution in [0.15, 0.2) is 64.4 Å². The van der Waals surface area contributed by atoms with E-state index in [0.717, 1.165) is 43.0 Å². The van der Waals surface area contributed by atoms with Crippen molar-refractivity contribution in [2.45, 2.75) is 52.5 Å². The van der Waals surface area contributed by atoms with E-state index in [1.165, 1.54) is 18.4 Å². The number of rotatable bonds is 5. The zero-order valence-electron chi connectivity index (χ0n) is 20.6. The lowest BCUT2D eigenvalue weighted by Crippen LogP contribution is -2.52. The van der Waals surface area contributed by atoms with Crippen molar-refractivity contribution in [1.29, 1.82) is 0 Å². The van der Waals surface area contributed by atoms with Gasteiger partial charge in [-0.2, -0.15) is 5.10 Å². The van der Waals surface area contributed by atoms with Gasteiger partial charge in [-0.15, -0.1) is 0 Å². The molecule has 2 aromatic rings. The Bertz CT molecular complexity index is 1300. The third kappa shape index (κ3) is 4.20. The summed E-state index contributed by atoms with van der Waals surface area (Å²) in [4.78, 5) is 20.4. The quantitative estimate of drug-likeness (QED) is 0.734. The Morgan fingerprint density at radius 2 is 2.12 bits per heavy atom. The summed E-state index contributed by atoms with van der Waals surface area (Å²) in [5.74, 6) is 0.461. The molecule has 2 aliphatic heterocycles. The molecule has 0 radical (unpaired) electrons. The highest BCUT2D eigenvalue weighted by Gasteiger charge is 2.45. The third-order valence-corrected chi connectivity index (χ3v) is 7.45. The number of hydrogen-bond acceptors (Lipinski definition) is 6. The minimum atomic E-state index is -0.0976. The van der Waals surface area contributed by atoms with Gasteiger partial charge >= 0.3 is 0 Å². The average molecular weight is 459 g/mol. The largest absolute Gasteiger partial charge is 0.367 e. The predicted octanol–water partition coefficient (Wildman–Crippen LogP) is 3.98. The van der Waals surface area contributed by atoms with E-state index < -0.39 is 0 Å². The van der Waals surface area contributed by atoms with Crippen LogP contribution in [0, 0.1) is 12.8 Å². The second kappa shape index (κ2) is 8.55. The molecule has 178 valence electrons. The maximum atomic E-state index is 13.2. The highest BCUT2D eigenvalue weighted by Crippen LogP contribution is 2.38. The zero-order chi connectivity index (χ0) is 24.0. The van der Waals surface area contributed by atoms with Gasteiger partial charge in [-0.25, -0.2) is 9.99 Å². The molecule has 1 saturated heterocycles. The second-order valence-electron chi connectivity index (χ2n) is 10.0. The summed E-state index contributed by atoms with van der Waals surface area (Å²) >= 11 is 0. The number of hydrazone groups is 1. The summed E-state index contributed by atoms with van der Waals surface area (Å²) in [5, 5.41) is 10.2. The maximum absolute atomic E-state index is 13.2. The molecule has 1 N–H and O–H groups in total. The van der Waals surface area contributed by atoms with Gasteiger partial charge in [-0.05, 0) is 62.8 Å². The molecule has 1 saturated carbocycles. The molecule has 0 aromatic carbocycles. The van der Waals surface area contributed by atoms with Crippen LogP contribution in [0.1, 0.15) is 51.3 Å². The molecule has 1 aliphatic carbocycles. The number of nitrogens with zero attached hydrogens (tertiary/aromatic N) is 5. The monoisotopic (exact) mass is 458 g/mol. The first-order valence-electron chi connectivity index (χ1n) is 12.3. The minimum Gasteiger partial charge on any atom is -0.367 e. The number of fused-ring (bicyclic) bond motifs is 1. The van der Waals surface area contributed by atoms with Crippen molar-refractivity contribution in [3.8, 4) is 0 Å². The Morgan fingerprint density at radius 3 is 2.85 bits per heavy atom. The standard InChI is InChI=1S/C27H34N6O/c1-6-18(2)20(4)15-33-21(5)7-8-23(30-33)24-14-25(34)32-16-22(13-19(3)26(32)29-24)31-12-11-28-27(17-31)9-10-27/h7-8,13-16,18,28H,5-6,9-12,17H2,1-4H3/b20-15-. The molecule has 2 fully saturated rings. The molecular weight excluding hydrogens is 424 g/mol. The molecule has 5 rings (SSSR count). The second-order valence-corrected chi connectivity index (χ2v) is 10.0. The first-order chi connectivity index (χ1) is 16.3. The molecule has 34 heavy (non-hydrogen) atoms. The van der Waals surface area contributed by atoms with Gasteiger partial charge in [0.25, 0.3) is 5.56 Å². The molecule has 7 heteroatoms. The van der Waals surface area contributed by atoms with Gasteiger partial charge in [0.2, 0.25) is 0 Å². The Hall–Kier alpha value is -3.19. The Balaban J connectivity index is 1.49. The number of hydrogen-bond donors (Lipinski definition) is 1. The van der Waals surface area contributed by atoms with Crippen LogP contribution in [0.2, 0.25) is 0 Å². The topological polar surface area (TPSA) is 65.2 Å². The van der Waals surface area contributed by atoms with Crippen molar-refractivity contribution in [1.82, 2.24) is 19.7 Å². The van der Waals surface area contributed by atoms with Gasteiger partial charge in [0.15, 0.2) is 0 Å². The van der Waals surface area contributed by atoms with Gasteiger partial charge in [-0.3, -0.25) is 9.20 Å². The average Bonchev–Trinajstić information content (AvgIpc) is 3.58. The molecule has 0 amide bonds. The highest BCUT2D eigenvalue weighted by atomic mass is 16.1. The summed E-state index contributed by atoms with van der Waals surface area (Å²) < 4.78 is 1.67. The van der Waals surface area contributed by atoms with Crippen molar-refractivity contribution in [3.05, 3.63) is 76.1 Å². The number of anilines is 1. The lowest BCUT2D eigenvalue weighted by molar-refractivity contribution is 0.442. The number of aromatic nitrogens is 2. The van der Waals surface area contributed by atoms with Crippen LogP contribution in [-0.4, -0.2) is 45.3 Å². The van der Waals surface area contributed by atoms with E-state index in [2.05, 4.69) is 43.6 Å². The van der Waals surface area contributed by atoms with Gasteiger partial charge in [0, 0.05) is 43.6 Å². The van der Waals surface area contributed by atoms with E-state index in [9.17, 15) is 4.79 Å². The fraction of sp³-hybridized carbons (Fsp3) is 0.444. The van der Waals surface area contributed by atoms with E-state index >= 15 is 0 Å². The molecular formula is C27H34N6O. The van der Waals surface area contributed by atoms with Crippen LogP contribution in [0.5, 0.6) is 0 Å². The van der Waals surface area contributed by atoms with Crippen molar-refractivity contribution < 1.29 is 0 Å². The van der Waals surface area contributed by atoms with Crippen molar-refractivity contribution in [3.63, 3.8) is 0 Å². The number of aryl methyl sites for hydroxylation is 1. The highest BCUT2D eigenvalue weighted by molar-refractivity contribution is 6.08. The van der Waals surface area contributed by atoms with E-state index in [1.807, 2.05) is 31.5 Å². The Morgan fingerprint density at radius 1 is 1.32 bits per heavy atom. The van der Waals surface area contributed by atoms with Crippen LogP contribution >= 0.6 is 0 Å². The van der Waals surface area contributed by atoms with Gasteiger partial charge in [-0.1, -0.05) is 26.0 Å². The first kappa shape index (κ1) is 22.6. The van der Waals surface area contributed by atoms with Gasteiger partial charge < -0.3 is 10.2 Å². The summed E-state index contributed by atoms with van der Waals surface area (Å²) in [7, 11) is 0. The van der Waals surface area contributed by atoms with Crippen LogP contribution < -0.4 is 15.8 Å². The summed E-state index contributed by atoms with van der Waals surface area (Å²) in [6.07, 6.45) is 11.3. The number of nitrogens with one attached hydrogen (secondary N) is 1. The first-order valence-corrected chi connectivity index (χ1v) is 12.3. The van der Waals surface area contributed by atoms with Crippen LogP contribution in [-0.2, 0) is 0 Å². The number of pyridine rings is 1. The lowest BCUT2D eigenvalue weighted by Gasteiger charge is -2.35. The Labute approximate surface area is 201 Å². The summed E-state index contributed by atoms with van der Waals surface area (Å²) in [6.45, 7) is 15.5. The van der Waals surface area contributed by atoms with E-state index in [-0.39, 0.29) is 11.1 Å². The third-order valence-electron chi connectivity index (χ3n) is 7.45. The van der Waals surface area contributed by atoms with Crippen molar-refractivity contribution in [2.75, 3.05) is 24.5 Å².